The van der Waals surface area contributed by atoms with Gasteiger partial charge in [0, 0.05) is 16.6 Å². The van der Waals surface area contributed by atoms with Crippen LogP contribution in [0.4, 0.5) is 0 Å². The van der Waals surface area contributed by atoms with Crippen molar-refractivity contribution in [2.75, 3.05) is 13.2 Å². The van der Waals surface area contributed by atoms with Crippen LogP contribution in [0.25, 0.3) is 0 Å². The molecular weight excluding hydrogens is 600 g/mol. The summed E-state index contributed by atoms with van der Waals surface area (Å²) in [6.07, 6.45) is -0.416. The minimum Gasteiger partial charge on any atom is -0.455 e. The first kappa shape index (κ1) is 26.2. The Hall–Kier alpha value is -2.37. The van der Waals surface area contributed by atoms with Gasteiger partial charge in [0.1, 0.15) is 0 Å². The number of benzene rings is 2. The molecule has 4 amide bonds. The highest BCUT2D eigenvalue weighted by atomic mass is 79.9. The first-order valence-corrected chi connectivity index (χ1v) is 11.6. The van der Waals surface area contributed by atoms with Crippen LogP contribution in [-0.2, 0) is 14.3 Å². The topological polar surface area (TPSA) is 122 Å². The number of hydrogen-bond donors (Lipinski definition) is 2. The predicted molar refractivity (Wildman–Crippen MR) is 127 cm³/mol. The van der Waals surface area contributed by atoms with Gasteiger partial charge in [-0.15, -0.1) is 0 Å². The Labute approximate surface area is 220 Å². The molecule has 0 saturated carbocycles. The highest BCUT2D eigenvalue weighted by Crippen LogP contribution is 2.44. The monoisotopic (exact) mass is 609 g/mol. The van der Waals surface area contributed by atoms with E-state index in [2.05, 4.69) is 26.8 Å². The molecule has 1 aliphatic heterocycles. The summed E-state index contributed by atoms with van der Waals surface area (Å²) in [5.41, 5.74) is 4.15. The quantitative estimate of drug-likeness (QED) is 0.167. The molecule has 0 atom stereocenters. The number of fused-ring (bicyclic) bond motifs is 1. The molecule has 178 valence electrons. The lowest BCUT2D eigenvalue weighted by Crippen LogP contribution is -2.43. The van der Waals surface area contributed by atoms with E-state index in [1.807, 2.05) is 0 Å². The van der Waals surface area contributed by atoms with Crippen molar-refractivity contribution in [1.82, 2.24) is 15.8 Å². The zero-order valence-corrected chi connectivity index (χ0v) is 21.3. The molecule has 0 bridgehead atoms. The van der Waals surface area contributed by atoms with E-state index in [9.17, 15) is 24.0 Å². The highest BCUT2D eigenvalue weighted by Gasteiger charge is 2.41. The molecule has 0 fully saturated rings. The molecule has 1 aliphatic rings. The normalized spacial score (nSPS) is 12.4. The zero-order chi connectivity index (χ0) is 25.2. The molecule has 9 nitrogen and oxygen atoms in total. The van der Waals surface area contributed by atoms with Crippen molar-refractivity contribution < 1.29 is 28.7 Å². The van der Waals surface area contributed by atoms with Crippen LogP contribution < -0.4 is 10.9 Å². The number of hydrogen-bond acceptors (Lipinski definition) is 6. The van der Waals surface area contributed by atoms with E-state index in [1.165, 1.54) is 12.1 Å². The van der Waals surface area contributed by atoms with Crippen LogP contribution >= 0.6 is 62.3 Å². The van der Waals surface area contributed by atoms with Crippen LogP contribution in [0, 0.1) is 0 Å². The van der Waals surface area contributed by atoms with E-state index >= 15 is 0 Å². The first-order valence-electron chi connectivity index (χ1n) is 9.25. The van der Waals surface area contributed by atoms with Crippen molar-refractivity contribution in [2.45, 2.75) is 6.42 Å². The number of hydrazine groups is 1. The number of halogens is 5. The molecule has 2 N–H and O–H groups in total. The van der Waals surface area contributed by atoms with E-state index in [1.54, 1.807) is 12.1 Å². The average Bonchev–Trinajstić information content (AvgIpc) is 3.07. The fourth-order valence-electron chi connectivity index (χ4n) is 2.86. The molecule has 3 rings (SSSR count). The van der Waals surface area contributed by atoms with Crippen molar-refractivity contribution in [3.05, 3.63) is 65.5 Å². The fraction of sp³-hybridized carbons (Fsp3) is 0.150. The molecule has 0 aromatic heterocycles. The van der Waals surface area contributed by atoms with Crippen LogP contribution in [0.2, 0.25) is 20.1 Å². The predicted octanol–water partition coefficient (Wildman–Crippen LogP) is 4.05. The molecule has 2 aromatic carbocycles. The smallest absolute Gasteiger partial charge is 0.308 e. The summed E-state index contributed by atoms with van der Waals surface area (Å²) in [5, 5.41) is -0.798. The minimum atomic E-state index is -0.876. The highest BCUT2D eigenvalue weighted by molar-refractivity contribution is 9.10. The van der Waals surface area contributed by atoms with E-state index in [-0.39, 0.29) is 37.8 Å². The van der Waals surface area contributed by atoms with Crippen LogP contribution in [0.5, 0.6) is 0 Å². The van der Waals surface area contributed by atoms with Crippen molar-refractivity contribution in [1.29, 1.82) is 0 Å². The van der Waals surface area contributed by atoms with E-state index in [0.29, 0.717) is 5.56 Å². The number of amides is 4. The SMILES string of the molecule is O=C(COC(=O)CCN1C(=O)c2c(Cl)c(Cl)c(Cl)c(Cl)c2C1=O)NNC(=O)c1ccc(Br)cc1. The molecule has 0 unspecified atom stereocenters. The first-order chi connectivity index (χ1) is 16.0. The van der Waals surface area contributed by atoms with E-state index in [0.717, 1.165) is 9.37 Å². The lowest BCUT2D eigenvalue weighted by atomic mass is 10.1. The number of ether oxygens (including phenoxy) is 1. The largest absolute Gasteiger partial charge is 0.455 e. The molecule has 0 radical (unpaired) electrons. The Morgan fingerprint density at radius 3 is 1.91 bits per heavy atom. The Morgan fingerprint density at radius 1 is 0.853 bits per heavy atom. The maximum atomic E-state index is 12.6. The second-order valence-electron chi connectivity index (χ2n) is 6.69. The molecule has 0 aliphatic carbocycles. The maximum absolute atomic E-state index is 12.6. The summed E-state index contributed by atoms with van der Waals surface area (Å²) >= 11 is 27.2. The lowest BCUT2D eigenvalue weighted by molar-refractivity contribution is -0.148. The van der Waals surface area contributed by atoms with E-state index < -0.39 is 42.6 Å². The van der Waals surface area contributed by atoms with Gasteiger partial charge in [-0.1, -0.05) is 62.3 Å². The third-order valence-electron chi connectivity index (χ3n) is 4.51. The summed E-state index contributed by atoms with van der Waals surface area (Å²) in [6, 6.07) is 6.37. The minimum absolute atomic E-state index is 0.173. The van der Waals surface area contributed by atoms with Gasteiger partial charge in [-0.3, -0.25) is 39.7 Å². The standard InChI is InChI=1S/C20H12BrCl4N3O6/c21-9-3-1-8(2-4-9)18(31)27-26-10(29)7-34-11(30)5-6-28-19(32)12-13(20(28)33)15(23)17(25)16(24)14(12)22/h1-4H,5-7H2,(H,26,29)(H,27,31). The van der Waals surface area contributed by atoms with Crippen LogP contribution in [0.15, 0.2) is 28.7 Å². The van der Waals surface area contributed by atoms with Gasteiger partial charge in [0.2, 0.25) is 0 Å². The number of esters is 1. The Balaban J connectivity index is 1.49. The number of carbonyl (C=O) groups excluding carboxylic acids is 5. The van der Waals surface area contributed by atoms with Crippen LogP contribution in [0.3, 0.4) is 0 Å². The average molecular weight is 612 g/mol. The van der Waals surface area contributed by atoms with Crippen molar-refractivity contribution in [2.24, 2.45) is 0 Å². The fourth-order valence-corrected chi connectivity index (χ4v) is 4.13. The number of nitrogens with one attached hydrogen (secondary N) is 2. The Kier molecular flexibility index (Phi) is 8.43. The molecule has 0 spiro atoms. The third kappa shape index (κ3) is 5.47. The van der Waals surface area contributed by atoms with Crippen LogP contribution in [0.1, 0.15) is 37.5 Å². The number of nitrogens with zero attached hydrogens (tertiary/aromatic N) is 1. The van der Waals surface area contributed by atoms with Gasteiger partial charge in [-0.2, -0.15) is 0 Å². The zero-order valence-electron chi connectivity index (χ0n) is 16.7. The molecule has 34 heavy (non-hydrogen) atoms. The van der Waals surface area contributed by atoms with Crippen LogP contribution in [-0.4, -0.2) is 47.6 Å². The summed E-state index contributed by atoms with van der Waals surface area (Å²) in [6.45, 7) is -1.07. The number of imide groups is 1. The summed E-state index contributed by atoms with van der Waals surface area (Å²) in [4.78, 5) is 61.7. The second kappa shape index (κ2) is 10.9. The van der Waals surface area contributed by atoms with E-state index in [4.69, 9.17) is 51.1 Å². The van der Waals surface area contributed by atoms with Gasteiger partial charge >= 0.3 is 5.97 Å². The van der Waals surface area contributed by atoms with Gasteiger partial charge in [0.25, 0.3) is 23.6 Å². The summed E-state index contributed by atoms with van der Waals surface area (Å²) < 4.78 is 5.58. The van der Waals surface area contributed by atoms with Gasteiger partial charge in [-0.05, 0) is 24.3 Å². The van der Waals surface area contributed by atoms with Crippen molar-refractivity contribution in [3.8, 4) is 0 Å². The molecule has 1 heterocycles. The Bertz CT molecular complexity index is 1180. The Morgan fingerprint density at radius 2 is 1.38 bits per heavy atom. The van der Waals surface area contributed by atoms with Gasteiger partial charge < -0.3 is 4.74 Å². The van der Waals surface area contributed by atoms with Crippen molar-refractivity contribution in [3.63, 3.8) is 0 Å². The molecular formula is C20H12BrCl4N3O6. The van der Waals surface area contributed by atoms with Gasteiger partial charge in [0.05, 0.1) is 37.6 Å². The number of carbonyl (C=O) groups is 5. The third-order valence-corrected chi connectivity index (χ3v) is 6.84. The number of rotatable bonds is 6. The maximum Gasteiger partial charge on any atom is 0.308 e. The van der Waals surface area contributed by atoms with Gasteiger partial charge in [-0.25, -0.2) is 0 Å². The summed E-state index contributed by atoms with van der Waals surface area (Å²) in [7, 11) is 0. The molecule has 0 saturated heterocycles. The van der Waals surface area contributed by atoms with Gasteiger partial charge in [0.15, 0.2) is 6.61 Å². The summed E-state index contributed by atoms with van der Waals surface area (Å²) in [5.74, 6) is -3.85. The van der Waals surface area contributed by atoms with Crippen molar-refractivity contribution >= 4 is 91.9 Å². The molecule has 14 heteroatoms. The second-order valence-corrected chi connectivity index (χ2v) is 9.12. The molecule has 2 aromatic rings. The lowest BCUT2D eigenvalue weighted by Gasteiger charge is -2.13.